The van der Waals surface area contributed by atoms with Crippen molar-refractivity contribution in [2.24, 2.45) is 0 Å². The zero-order chi connectivity index (χ0) is 21.7. The molecule has 0 bridgehead atoms. The summed E-state index contributed by atoms with van der Waals surface area (Å²) in [6, 6.07) is 20.7. The van der Waals surface area contributed by atoms with Crippen molar-refractivity contribution in [1.82, 2.24) is 9.13 Å². The summed E-state index contributed by atoms with van der Waals surface area (Å²) in [5.74, 6) is 0.0424. The number of aryl methyl sites for hydroxylation is 4. The number of rotatable bonds is 2. The Hall–Kier alpha value is -3.53. The van der Waals surface area contributed by atoms with Crippen LogP contribution in [0.5, 0.6) is 0 Å². The van der Waals surface area contributed by atoms with Crippen molar-refractivity contribution in [1.29, 1.82) is 0 Å². The van der Waals surface area contributed by atoms with Crippen LogP contribution in [0.15, 0.2) is 66.9 Å². The van der Waals surface area contributed by atoms with Crippen LogP contribution < -0.4 is 4.90 Å². The molecule has 0 radical (unpaired) electrons. The fraction of sp³-hybridized carbons (Fsp3) is 0.222. The second kappa shape index (κ2) is 7.31. The van der Waals surface area contributed by atoms with Gasteiger partial charge in [0.2, 0.25) is 0 Å². The normalized spacial score (nSPS) is 13.0. The molecule has 1 amide bonds. The molecule has 2 aromatic heterocycles. The predicted octanol–water partition coefficient (Wildman–Crippen LogP) is 5.72. The highest BCUT2D eigenvalue weighted by atomic mass is 16.2. The van der Waals surface area contributed by atoms with Crippen molar-refractivity contribution < 1.29 is 4.79 Å². The highest BCUT2D eigenvalue weighted by Gasteiger charge is 2.25. The quantitative estimate of drug-likeness (QED) is 0.416. The first kappa shape index (κ1) is 19.4. The Labute approximate surface area is 183 Å². The Bertz CT molecular complexity index is 1270. The predicted molar refractivity (Wildman–Crippen MR) is 125 cm³/mol. The average Bonchev–Trinajstić information content (AvgIpc) is 3.28. The van der Waals surface area contributed by atoms with Crippen molar-refractivity contribution >= 4 is 11.6 Å². The molecule has 4 nitrogen and oxygen atoms in total. The molecule has 0 unspecified atom stereocenters. The van der Waals surface area contributed by atoms with Crippen LogP contribution in [-0.2, 0) is 13.1 Å². The molecule has 0 N–H and O–H groups in total. The number of hydrogen-bond donors (Lipinski definition) is 0. The van der Waals surface area contributed by atoms with Gasteiger partial charge in [0.05, 0.1) is 12.2 Å². The molecule has 0 saturated heterocycles. The van der Waals surface area contributed by atoms with Gasteiger partial charge in [-0.15, -0.1) is 0 Å². The molecule has 3 heterocycles. The zero-order valence-electron chi connectivity index (χ0n) is 18.5. The third kappa shape index (κ3) is 3.19. The van der Waals surface area contributed by atoms with E-state index in [4.69, 9.17) is 0 Å². The van der Waals surface area contributed by atoms with Gasteiger partial charge < -0.3 is 14.0 Å². The van der Waals surface area contributed by atoms with Crippen LogP contribution in [0.3, 0.4) is 0 Å². The molecular weight excluding hydrogens is 382 g/mol. The molecule has 2 aromatic carbocycles. The van der Waals surface area contributed by atoms with Crippen LogP contribution in [0, 0.1) is 27.7 Å². The second-order valence-corrected chi connectivity index (χ2v) is 8.56. The van der Waals surface area contributed by atoms with Gasteiger partial charge >= 0.3 is 0 Å². The van der Waals surface area contributed by atoms with Gasteiger partial charge in [-0.25, -0.2) is 0 Å². The maximum atomic E-state index is 13.8. The fourth-order valence-corrected chi connectivity index (χ4v) is 4.88. The molecule has 5 rings (SSSR count). The lowest BCUT2D eigenvalue weighted by Crippen LogP contribution is -2.30. The fourth-order valence-electron chi connectivity index (χ4n) is 4.88. The number of carbonyl (C=O) groups excluding carboxylic acids is 1. The number of para-hydroxylation sites is 1. The lowest BCUT2D eigenvalue weighted by atomic mass is 10.0. The third-order valence-corrected chi connectivity index (χ3v) is 6.34. The first-order valence-corrected chi connectivity index (χ1v) is 10.7. The third-order valence-electron chi connectivity index (χ3n) is 6.34. The molecule has 4 aromatic rings. The van der Waals surface area contributed by atoms with Gasteiger partial charge in [0.1, 0.15) is 0 Å². The smallest absolute Gasteiger partial charge is 0.258 e. The Morgan fingerprint density at radius 3 is 2.19 bits per heavy atom. The molecule has 0 atom stereocenters. The summed E-state index contributed by atoms with van der Waals surface area (Å²) < 4.78 is 4.50. The zero-order valence-corrected chi connectivity index (χ0v) is 18.5. The van der Waals surface area contributed by atoms with Crippen LogP contribution in [-0.4, -0.2) is 15.0 Å². The standard InChI is InChI=1S/C27H27N3O/c1-18-14-23(15-19(2)26(18)30-20(3)11-12-21(30)4)27(31)29-17-24-9-7-13-28(24)16-22-8-5-6-10-25(22)29/h5-15H,16-17H2,1-4H3. The highest BCUT2D eigenvalue weighted by molar-refractivity contribution is 6.07. The van der Waals surface area contributed by atoms with E-state index >= 15 is 0 Å². The molecule has 1 aliphatic rings. The number of benzene rings is 2. The summed E-state index contributed by atoms with van der Waals surface area (Å²) in [6.45, 7) is 9.78. The summed E-state index contributed by atoms with van der Waals surface area (Å²) in [7, 11) is 0. The van der Waals surface area contributed by atoms with Crippen LogP contribution >= 0.6 is 0 Å². The number of nitrogens with zero attached hydrogens (tertiary/aromatic N) is 3. The van der Waals surface area contributed by atoms with Crippen LogP contribution in [0.4, 0.5) is 5.69 Å². The average molecular weight is 410 g/mol. The van der Waals surface area contributed by atoms with E-state index in [2.05, 4.69) is 79.4 Å². The minimum absolute atomic E-state index is 0.0424. The summed E-state index contributed by atoms with van der Waals surface area (Å²) in [6.07, 6.45) is 2.09. The maximum absolute atomic E-state index is 13.8. The van der Waals surface area contributed by atoms with Gasteiger partial charge in [-0.2, -0.15) is 0 Å². The number of hydrogen-bond acceptors (Lipinski definition) is 1. The molecule has 4 heteroatoms. The number of carbonyl (C=O) groups is 1. The van der Waals surface area contributed by atoms with Crippen molar-refractivity contribution in [3.63, 3.8) is 0 Å². The monoisotopic (exact) mass is 409 g/mol. The number of aromatic nitrogens is 2. The van der Waals surface area contributed by atoms with Gasteiger partial charge in [-0.05, 0) is 86.8 Å². The molecule has 0 saturated carbocycles. The largest absolute Gasteiger partial charge is 0.345 e. The number of fused-ring (bicyclic) bond motifs is 2. The van der Waals surface area contributed by atoms with Crippen LogP contribution in [0.25, 0.3) is 5.69 Å². The van der Waals surface area contributed by atoms with E-state index in [1.807, 2.05) is 29.2 Å². The Kier molecular flexibility index (Phi) is 4.58. The molecular formula is C27H27N3O. The van der Waals surface area contributed by atoms with Crippen molar-refractivity contribution in [2.75, 3.05) is 4.90 Å². The second-order valence-electron chi connectivity index (χ2n) is 8.56. The minimum Gasteiger partial charge on any atom is -0.345 e. The van der Waals surface area contributed by atoms with E-state index in [9.17, 15) is 4.79 Å². The van der Waals surface area contributed by atoms with Gasteiger partial charge in [-0.1, -0.05) is 18.2 Å². The van der Waals surface area contributed by atoms with Crippen molar-refractivity contribution in [2.45, 2.75) is 40.8 Å². The Morgan fingerprint density at radius 1 is 0.806 bits per heavy atom. The van der Waals surface area contributed by atoms with E-state index in [1.165, 1.54) is 17.1 Å². The summed E-state index contributed by atoms with van der Waals surface area (Å²) >= 11 is 0. The maximum Gasteiger partial charge on any atom is 0.258 e. The summed E-state index contributed by atoms with van der Waals surface area (Å²) in [5, 5.41) is 0. The van der Waals surface area contributed by atoms with Crippen molar-refractivity contribution in [3.05, 3.63) is 106 Å². The van der Waals surface area contributed by atoms with E-state index in [0.717, 1.165) is 40.2 Å². The minimum atomic E-state index is 0.0424. The van der Waals surface area contributed by atoms with E-state index < -0.39 is 0 Å². The molecule has 0 spiro atoms. The summed E-state index contributed by atoms with van der Waals surface area (Å²) in [4.78, 5) is 15.7. The molecule has 0 fully saturated rings. The number of amides is 1. The number of anilines is 1. The first-order valence-electron chi connectivity index (χ1n) is 10.7. The lowest BCUT2D eigenvalue weighted by molar-refractivity contribution is 0.0984. The van der Waals surface area contributed by atoms with Gasteiger partial charge in [0, 0.05) is 41.1 Å². The molecule has 1 aliphatic heterocycles. The molecule has 0 aliphatic carbocycles. The van der Waals surface area contributed by atoms with Gasteiger partial charge in [0.15, 0.2) is 0 Å². The van der Waals surface area contributed by atoms with Gasteiger partial charge in [0.25, 0.3) is 5.91 Å². The highest BCUT2D eigenvalue weighted by Crippen LogP contribution is 2.31. The lowest BCUT2D eigenvalue weighted by Gasteiger charge is -2.24. The van der Waals surface area contributed by atoms with E-state index in [1.54, 1.807) is 0 Å². The Morgan fingerprint density at radius 2 is 1.48 bits per heavy atom. The topological polar surface area (TPSA) is 30.2 Å². The van der Waals surface area contributed by atoms with E-state index in [-0.39, 0.29) is 5.91 Å². The van der Waals surface area contributed by atoms with E-state index in [0.29, 0.717) is 6.54 Å². The Balaban J connectivity index is 1.59. The van der Waals surface area contributed by atoms with Crippen LogP contribution in [0.2, 0.25) is 0 Å². The van der Waals surface area contributed by atoms with Crippen molar-refractivity contribution in [3.8, 4) is 5.69 Å². The van der Waals surface area contributed by atoms with Gasteiger partial charge in [-0.3, -0.25) is 4.79 Å². The summed E-state index contributed by atoms with van der Waals surface area (Å²) in [5.41, 5.74) is 9.82. The SMILES string of the molecule is Cc1cc(C(=O)N2Cc3cccn3Cc3ccccc32)cc(C)c1-n1c(C)ccc1C. The molecule has 156 valence electrons. The molecule has 31 heavy (non-hydrogen) atoms. The van der Waals surface area contributed by atoms with Crippen LogP contribution in [0.1, 0.15) is 44.1 Å². The first-order chi connectivity index (χ1) is 14.9.